The van der Waals surface area contributed by atoms with Crippen LogP contribution in [0.3, 0.4) is 0 Å². The Morgan fingerprint density at radius 3 is 2.58 bits per heavy atom. The summed E-state index contributed by atoms with van der Waals surface area (Å²) in [5.41, 5.74) is 7.18. The highest BCUT2D eigenvalue weighted by Crippen LogP contribution is 2.21. The van der Waals surface area contributed by atoms with E-state index in [9.17, 15) is 0 Å². The lowest BCUT2D eigenvalue weighted by atomic mass is 10.1. The van der Waals surface area contributed by atoms with Crippen LogP contribution < -0.4 is 5.73 Å². The van der Waals surface area contributed by atoms with Crippen molar-refractivity contribution < 1.29 is 0 Å². The first kappa shape index (κ1) is 9.75. The summed E-state index contributed by atoms with van der Waals surface area (Å²) in [6.07, 6.45) is 2.23. The maximum absolute atomic E-state index is 5.70. The minimum atomic E-state index is 0.324. The number of aryl methyl sites for hydroxylation is 3. The van der Waals surface area contributed by atoms with Gasteiger partial charge in [0.25, 0.3) is 0 Å². The smallest absolute Gasteiger partial charge is 0.00490 e. The molecule has 0 aliphatic heterocycles. The molecule has 0 saturated heterocycles. The highest BCUT2D eigenvalue weighted by molar-refractivity contribution is 7.12. The lowest BCUT2D eigenvalue weighted by molar-refractivity contribution is 0.666. The Hall–Kier alpha value is -0.340. The molecule has 0 amide bonds. The van der Waals surface area contributed by atoms with Gasteiger partial charge in [-0.3, -0.25) is 0 Å². The number of hydrogen-bond donors (Lipinski definition) is 1. The molecule has 0 spiro atoms. The zero-order valence-corrected chi connectivity index (χ0v) is 8.87. The van der Waals surface area contributed by atoms with Crippen molar-refractivity contribution in [3.63, 3.8) is 0 Å². The molecular weight excluding hydrogens is 166 g/mol. The number of hydrogen-bond acceptors (Lipinski definition) is 2. The Morgan fingerprint density at radius 2 is 2.17 bits per heavy atom. The van der Waals surface area contributed by atoms with Gasteiger partial charge < -0.3 is 5.73 Å². The maximum atomic E-state index is 5.70. The minimum absolute atomic E-state index is 0.324. The fraction of sp³-hybridized carbons (Fsp3) is 0.600. The van der Waals surface area contributed by atoms with Gasteiger partial charge in [-0.2, -0.15) is 0 Å². The summed E-state index contributed by atoms with van der Waals surface area (Å²) in [6.45, 7) is 6.41. The van der Waals surface area contributed by atoms with Crippen LogP contribution in [-0.4, -0.2) is 6.04 Å². The van der Waals surface area contributed by atoms with Crippen LogP contribution >= 0.6 is 11.3 Å². The van der Waals surface area contributed by atoms with Crippen molar-refractivity contribution in [1.29, 1.82) is 0 Å². The molecule has 0 aliphatic carbocycles. The second-order valence-electron chi connectivity index (χ2n) is 3.45. The zero-order valence-electron chi connectivity index (χ0n) is 8.05. The van der Waals surface area contributed by atoms with Crippen LogP contribution in [0, 0.1) is 13.8 Å². The summed E-state index contributed by atoms with van der Waals surface area (Å²) in [5, 5.41) is 0. The molecule has 0 bridgehead atoms. The Balaban J connectivity index is 2.57. The Morgan fingerprint density at radius 1 is 1.50 bits per heavy atom. The standard InChI is InChI=1S/C10H17NS/c1-7(11)4-5-10-6-8(2)12-9(10)3/h6-7H,4-5,11H2,1-3H3/t7-/m0/s1. The van der Waals surface area contributed by atoms with Crippen LogP contribution in [0.15, 0.2) is 6.07 Å². The summed E-state index contributed by atoms with van der Waals surface area (Å²) in [7, 11) is 0. The van der Waals surface area contributed by atoms with Crippen molar-refractivity contribution >= 4 is 11.3 Å². The van der Waals surface area contributed by atoms with E-state index in [1.165, 1.54) is 15.3 Å². The molecule has 0 aromatic carbocycles. The van der Waals surface area contributed by atoms with Gasteiger partial charge in [0.15, 0.2) is 0 Å². The molecule has 0 unspecified atom stereocenters. The lowest BCUT2D eigenvalue weighted by Gasteiger charge is -2.03. The van der Waals surface area contributed by atoms with Gasteiger partial charge in [0, 0.05) is 15.8 Å². The second kappa shape index (κ2) is 4.06. The summed E-state index contributed by atoms with van der Waals surface area (Å²) < 4.78 is 0. The highest BCUT2D eigenvalue weighted by Gasteiger charge is 2.03. The predicted molar refractivity (Wildman–Crippen MR) is 55.8 cm³/mol. The molecule has 2 N–H and O–H groups in total. The molecule has 2 heteroatoms. The molecule has 0 saturated carbocycles. The first-order chi connectivity index (χ1) is 5.59. The predicted octanol–water partition coefficient (Wildman–Crippen LogP) is 2.64. The number of rotatable bonds is 3. The first-order valence-electron chi connectivity index (χ1n) is 4.41. The molecule has 1 rings (SSSR count). The highest BCUT2D eigenvalue weighted by atomic mass is 32.1. The Kier molecular flexibility index (Phi) is 3.29. The molecule has 0 aliphatic rings. The topological polar surface area (TPSA) is 26.0 Å². The largest absolute Gasteiger partial charge is 0.328 e. The number of nitrogens with two attached hydrogens (primary N) is 1. The van der Waals surface area contributed by atoms with Crippen LogP contribution in [-0.2, 0) is 6.42 Å². The number of thiophene rings is 1. The SMILES string of the molecule is Cc1cc(CC[C@H](C)N)c(C)s1. The average molecular weight is 183 g/mol. The van der Waals surface area contributed by atoms with E-state index in [1.807, 2.05) is 11.3 Å². The minimum Gasteiger partial charge on any atom is -0.328 e. The summed E-state index contributed by atoms with van der Waals surface area (Å²) in [5.74, 6) is 0. The van der Waals surface area contributed by atoms with Crippen LogP contribution in [0.25, 0.3) is 0 Å². The van der Waals surface area contributed by atoms with E-state index in [2.05, 4.69) is 26.8 Å². The summed E-state index contributed by atoms with van der Waals surface area (Å²) in [4.78, 5) is 2.86. The van der Waals surface area contributed by atoms with Crippen LogP contribution in [0.2, 0.25) is 0 Å². The fourth-order valence-electron chi connectivity index (χ4n) is 1.31. The molecule has 68 valence electrons. The van der Waals surface area contributed by atoms with E-state index in [4.69, 9.17) is 5.73 Å². The Labute approximate surface area is 78.6 Å². The van der Waals surface area contributed by atoms with Gasteiger partial charge in [0.1, 0.15) is 0 Å². The monoisotopic (exact) mass is 183 g/mol. The van der Waals surface area contributed by atoms with Gasteiger partial charge in [-0.05, 0) is 45.2 Å². The third kappa shape index (κ3) is 2.61. The van der Waals surface area contributed by atoms with Gasteiger partial charge in [0.05, 0.1) is 0 Å². The van der Waals surface area contributed by atoms with Crippen molar-refractivity contribution in [1.82, 2.24) is 0 Å². The second-order valence-corrected chi connectivity index (χ2v) is 4.91. The summed E-state index contributed by atoms with van der Waals surface area (Å²) in [6, 6.07) is 2.60. The molecule has 1 nitrogen and oxygen atoms in total. The fourth-order valence-corrected chi connectivity index (χ4v) is 2.29. The maximum Gasteiger partial charge on any atom is 0.00490 e. The van der Waals surface area contributed by atoms with Crippen molar-refractivity contribution in [3.8, 4) is 0 Å². The molecule has 1 atom stereocenters. The first-order valence-corrected chi connectivity index (χ1v) is 5.22. The molecule has 1 heterocycles. The Bertz CT molecular complexity index is 250. The van der Waals surface area contributed by atoms with Gasteiger partial charge >= 0.3 is 0 Å². The van der Waals surface area contributed by atoms with E-state index in [-0.39, 0.29) is 0 Å². The van der Waals surface area contributed by atoms with E-state index >= 15 is 0 Å². The normalized spacial score (nSPS) is 13.3. The van der Waals surface area contributed by atoms with E-state index in [1.54, 1.807) is 0 Å². The quantitative estimate of drug-likeness (QED) is 0.766. The van der Waals surface area contributed by atoms with E-state index in [0.717, 1.165) is 12.8 Å². The van der Waals surface area contributed by atoms with Gasteiger partial charge in [-0.1, -0.05) is 0 Å². The molecule has 0 radical (unpaired) electrons. The van der Waals surface area contributed by atoms with Gasteiger partial charge in [0.2, 0.25) is 0 Å². The molecular formula is C10H17NS. The molecule has 12 heavy (non-hydrogen) atoms. The molecule has 0 fully saturated rings. The molecule has 1 aromatic rings. The van der Waals surface area contributed by atoms with Crippen LogP contribution in [0.1, 0.15) is 28.7 Å². The summed E-state index contributed by atoms with van der Waals surface area (Å²) >= 11 is 1.88. The van der Waals surface area contributed by atoms with Crippen LogP contribution in [0.4, 0.5) is 0 Å². The van der Waals surface area contributed by atoms with E-state index < -0.39 is 0 Å². The van der Waals surface area contributed by atoms with Crippen molar-refractivity contribution in [3.05, 3.63) is 21.4 Å². The van der Waals surface area contributed by atoms with Gasteiger partial charge in [-0.15, -0.1) is 11.3 Å². The zero-order chi connectivity index (χ0) is 9.14. The third-order valence-electron chi connectivity index (χ3n) is 2.01. The van der Waals surface area contributed by atoms with Crippen molar-refractivity contribution in [2.45, 2.75) is 39.7 Å². The third-order valence-corrected chi connectivity index (χ3v) is 3.02. The van der Waals surface area contributed by atoms with Crippen molar-refractivity contribution in [2.24, 2.45) is 5.73 Å². The molecule has 1 aromatic heterocycles. The van der Waals surface area contributed by atoms with Crippen LogP contribution in [0.5, 0.6) is 0 Å². The average Bonchev–Trinajstić information content (AvgIpc) is 2.26. The lowest BCUT2D eigenvalue weighted by Crippen LogP contribution is -2.15. The van der Waals surface area contributed by atoms with E-state index in [0.29, 0.717) is 6.04 Å². The van der Waals surface area contributed by atoms with Gasteiger partial charge in [-0.25, -0.2) is 0 Å². The van der Waals surface area contributed by atoms with Crippen molar-refractivity contribution in [2.75, 3.05) is 0 Å².